The summed E-state index contributed by atoms with van der Waals surface area (Å²) in [7, 11) is 0. The van der Waals surface area contributed by atoms with Crippen molar-refractivity contribution in [2.45, 2.75) is 0 Å². The molecule has 0 atom stereocenters. The van der Waals surface area contributed by atoms with Crippen LogP contribution in [-0.4, -0.2) is 4.98 Å². The van der Waals surface area contributed by atoms with Gasteiger partial charge in [-0.3, -0.25) is 0 Å². The van der Waals surface area contributed by atoms with E-state index < -0.39 is 0 Å². The Balaban J connectivity index is 1.15. The average Bonchev–Trinajstić information content (AvgIpc) is 3.53. The van der Waals surface area contributed by atoms with E-state index in [9.17, 15) is 0 Å². The van der Waals surface area contributed by atoms with Gasteiger partial charge in [0.2, 0.25) is 5.71 Å². The molecule has 2 heterocycles. The summed E-state index contributed by atoms with van der Waals surface area (Å²) < 4.78 is 6.29. The number of fused-ring (bicyclic) bond motifs is 6. The molecule has 0 bridgehead atoms. The lowest BCUT2D eigenvalue weighted by atomic mass is 9.97. The fraction of sp³-hybridized carbons (Fsp3) is 0. The van der Waals surface area contributed by atoms with Crippen molar-refractivity contribution in [1.29, 1.82) is 0 Å². The molecule has 10 aromatic rings. The first kappa shape index (κ1) is 28.3. The van der Waals surface area contributed by atoms with Crippen LogP contribution in [0.3, 0.4) is 0 Å². The average molecular weight is 639 g/mol. The fourth-order valence-corrected chi connectivity index (χ4v) is 7.46. The zero-order valence-electron chi connectivity index (χ0n) is 27.1. The first-order chi connectivity index (χ1) is 24.8. The zero-order chi connectivity index (χ0) is 33.0. The maximum atomic E-state index is 6.29. The van der Waals surface area contributed by atoms with Gasteiger partial charge in [-0.15, -0.1) is 0 Å². The largest absolute Gasteiger partial charge is 0.438 e. The fourth-order valence-electron chi connectivity index (χ4n) is 7.46. The minimum Gasteiger partial charge on any atom is -0.438 e. The molecule has 0 saturated carbocycles. The van der Waals surface area contributed by atoms with Crippen molar-refractivity contribution in [3.63, 3.8) is 0 Å². The Hall–Kier alpha value is -6.71. The molecule has 234 valence electrons. The number of aromatic nitrogens is 1. The van der Waals surface area contributed by atoms with Crippen LogP contribution in [0, 0.1) is 0 Å². The second-order valence-electron chi connectivity index (χ2n) is 12.8. The molecule has 50 heavy (non-hydrogen) atoms. The van der Waals surface area contributed by atoms with Gasteiger partial charge < -0.3 is 9.32 Å². The highest BCUT2D eigenvalue weighted by atomic mass is 16.3. The van der Waals surface area contributed by atoms with E-state index in [-0.39, 0.29) is 0 Å². The lowest BCUT2D eigenvalue weighted by Gasteiger charge is -2.26. The molecule has 2 aromatic heterocycles. The number of anilines is 3. The summed E-state index contributed by atoms with van der Waals surface area (Å²) in [5.74, 6) is 0. The summed E-state index contributed by atoms with van der Waals surface area (Å²) in [6.07, 6.45) is 1.92. The van der Waals surface area contributed by atoms with Crippen LogP contribution in [0.15, 0.2) is 187 Å². The highest BCUT2D eigenvalue weighted by Crippen LogP contribution is 2.41. The van der Waals surface area contributed by atoms with Crippen molar-refractivity contribution >= 4 is 71.4 Å². The van der Waals surface area contributed by atoms with Gasteiger partial charge in [-0.05, 0) is 97.0 Å². The van der Waals surface area contributed by atoms with E-state index >= 15 is 0 Å². The number of nitrogens with zero attached hydrogens (tertiary/aromatic N) is 2. The zero-order valence-corrected chi connectivity index (χ0v) is 27.1. The van der Waals surface area contributed by atoms with Crippen LogP contribution in [0.25, 0.3) is 76.6 Å². The van der Waals surface area contributed by atoms with Gasteiger partial charge in [0.1, 0.15) is 5.58 Å². The number of benzene rings is 8. The standard InChI is InChI=1S/C47H30N2O/c1-2-13-35-28-46-44(27-34(35)12-1)45-29-39(30-48-47(45)50-46)49(37-24-22-33(23-25-37)42-20-8-14-31-10-3-5-18-40(31)42)38-17-7-16-36(26-38)43-21-9-15-32-11-4-6-19-41(32)43/h1-30H. The Kier molecular flexibility index (Phi) is 6.49. The summed E-state index contributed by atoms with van der Waals surface area (Å²) in [6.45, 7) is 0. The van der Waals surface area contributed by atoms with Gasteiger partial charge in [-0.25, -0.2) is 4.98 Å². The van der Waals surface area contributed by atoms with Crippen LogP contribution in [0.5, 0.6) is 0 Å². The van der Waals surface area contributed by atoms with Gasteiger partial charge in [-0.2, -0.15) is 0 Å². The van der Waals surface area contributed by atoms with Gasteiger partial charge in [-0.1, -0.05) is 133 Å². The number of hydrogen-bond donors (Lipinski definition) is 0. The molecule has 3 heteroatoms. The molecular formula is C47H30N2O. The summed E-state index contributed by atoms with van der Waals surface area (Å²) in [4.78, 5) is 7.19. The predicted molar refractivity (Wildman–Crippen MR) is 210 cm³/mol. The Labute approximate surface area is 289 Å². The van der Waals surface area contributed by atoms with Crippen molar-refractivity contribution < 1.29 is 4.42 Å². The monoisotopic (exact) mass is 638 g/mol. The second-order valence-corrected chi connectivity index (χ2v) is 12.8. The molecule has 0 saturated heterocycles. The molecule has 0 aliphatic rings. The number of pyridine rings is 1. The third kappa shape index (κ3) is 4.71. The van der Waals surface area contributed by atoms with E-state index in [4.69, 9.17) is 9.40 Å². The molecule has 0 unspecified atom stereocenters. The van der Waals surface area contributed by atoms with Crippen LogP contribution < -0.4 is 4.90 Å². The van der Waals surface area contributed by atoms with Gasteiger partial charge >= 0.3 is 0 Å². The number of hydrogen-bond acceptors (Lipinski definition) is 3. The summed E-state index contributed by atoms with van der Waals surface area (Å²) in [5.41, 5.74) is 9.29. The maximum Gasteiger partial charge on any atom is 0.227 e. The van der Waals surface area contributed by atoms with E-state index in [1.165, 1.54) is 43.6 Å². The molecule has 0 amide bonds. The Morgan fingerprint density at radius 1 is 0.380 bits per heavy atom. The molecule has 0 radical (unpaired) electrons. The van der Waals surface area contributed by atoms with Crippen LogP contribution in [-0.2, 0) is 0 Å². The third-order valence-corrected chi connectivity index (χ3v) is 9.87. The molecule has 8 aromatic carbocycles. The highest BCUT2D eigenvalue weighted by Gasteiger charge is 2.18. The topological polar surface area (TPSA) is 29.3 Å². The molecule has 10 rings (SSSR count). The van der Waals surface area contributed by atoms with Crippen molar-refractivity contribution in [2.75, 3.05) is 4.90 Å². The molecule has 0 N–H and O–H groups in total. The van der Waals surface area contributed by atoms with E-state index in [0.717, 1.165) is 44.4 Å². The van der Waals surface area contributed by atoms with Gasteiger partial charge in [0, 0.05) is 16.8 Å². The van der Waals surface area contributed by atoms with Gasteiger partial charge in [0.05, 0.1) is 17.3 Å². The first-order valence-electron chi connectivity index (χ1n) is 16.9. The van der Waals surface area contributed by atoms with Crippen molar-refractivity contribution in [2.24, 2.45) is 0 Å². The van der Waals surface area contributed by atoms with Crippen LogP contribution in [0.2, 0.25) is 0 Å². The van der Waals surface area contributed by atoms with Crippen molar-refractivity contribution in [3.8, 4) is 22.3 Å². The molecular weight excluding hydrogens is 609 g/mol. The van der Waals surface area contributed by atoms with E-state index in [2.05, 4.69) is 181 Å². The van der Waals surface area contributed by atoms with E-state index in [1.54, 1.807) is 0 Å². The minimum absolute atomic E-state index is 0.634. The Bertz CT molecular complexity index is 2870. The molecule has 0 aliphatic heterocycles. The smallest absolute Gasteiger partial charge is 0.227 e. The molecule has 3 nitrogen and oxygen atoms in total. The normalized spacial score (nSPS) is 11.6. The van der Waals surface area contributed by atoms with Gasteiger partial charge in [0.15, 0.2) is 0 Å². The summed E-state index contributed by atoms with van der Waals surface area (Å²) >= 11 is 0. The maximum absolute atomic E-state index is 6.29. The SMILES string of the molecule is c1cc(-c2cccc3ccccc23)cc(N(c2ccc(-c3cccc4ccccc34)cc2)c2cnc3oc4cc5ccccc5cc4c3c2)c1. The van der Waals surface area contributed by atoms with E-state index in [0.29, 0.717) is 5.71 Å². The minimum atomic E-state index is 0.634. The highest BCUT2D eigenvalue weighted by molar-refractivity contribution is 6.10. The predicted octanol–water partition coefficient (Wildman–Crippen LogP) is 13.2. The Morgan fingerprint density at radius 2 is 0.980 bits per heavy atom. The van der Waals surface area contributed by atoms with Crippen LogP contribution in [0.4, 0.5) is 17.1 Å². The van der Waals surface area contributed by atoms with Crippen molar-refractivity contribution in [1.82, 2.24) is 4.98 Å². The van der Waals surface area contributed by atoms with Crippen LogP contribution in [0.1, 0.15) is 0 Å². The van der Waals surface area contributed by atoms with Gasteiger partial charge in [0.25, 0.3) is 0 Å². The third-order valence-electron chi connectivity index (χ3n) is 9.87. The molecule has 0 fully saturated rings. The molecule has 0 spiro atoms. The number of furan rings is 1. The summed E-state index contributed by atoms with van der Waals surface area (Å²) in [6, 6.07) is 62.8. The molecule has 0 aliphatic carbocycles. The number of rotatable bonds is 5. The lowest BCUT2D eigenvalue weighted by molar-refractivity contribution is 0.654. The lowest BCUT2D eigenvalue weighted by Crippen LogP contribution is -2.10. The first-order valence-corrected chi connectivity index (χ1v) is 16.9. The Morgan fingerprint density at radius 3 is 1.70 bits per heavy atom. The van der Waals surface area contributed by atoms with Crippen molar-refractivity contribution in [3.05, 3.63) is 182 Å². The van der Waals surface area contributed by atoms with E-state index in [1.807, 2.05) is 6.20 Å². The van der Waals surface area contributed by atoms with Crippen LogP contribution >= 0.6 is 0 Å². The summed E-state index contributed by atoms with van der Waals surface area (Å²) in [5, 5.41) is 9.32. The quantitative estimate of drug-likeness (QED) is 0.188. The second kappa shape index (κ2) is 11.5.